The Hall–Kier alpha value is -2.35. The van der Waals surface area contributed by atoms with Gasteiger partial charge in [-0.05, 0) is 38.1 Å². The van der Waals surface area contributed by atoms with E-state index in [1.165, 1.54) is 31.2 Å². The second-order valence-electron chi connectivity index (χ2n) is 4.51. The maximum atomic E-state index is 12.3. The average molecular weight is 309 g/mol. The van der Waals surface area contributed by atoms with Crippen LogP contribution in [0.5, 0.6) is 0 Å². The molecule has 0 aliphatic heterocycles. The number of benzene rings is 1. The summed E-state index contributed by atoms with van der Waals surface area (Å²) in [6.07, 6.45) is 0. The minimum atomic E-state index is -3.74. The number of hydrogen-bond donors (Lipinski definition) is 2. The van der Waals surface area contributed by atoms with E-state index >= 15 is 0 Å². The van der Waals surface area contributed by atoms with Crippen LogP contribution in [-0.4, -0.2) is 19.5 Å². The molecule has 0 saturated heterocycles. The molecule has 0 aliphatic rings. The van der Waals surface area contributed by atoms with E-state index in [0.717, 1.165) is 0 Å². The van der Waals surface area contributed by atoms with Gasteiger partial charge in [-0.15, -0.1) is 0 Å². The van der Waals surface area contributed by atoms with E-state index in [0.29, 0.717) is 22.8 Å². The lowest BCUT2D eigenvalue weighted by molar-refractivity contribution is -0.114. The van der Waals surface area contributed by atoms with Gasteiger partial charge >= 0.3 is 0 Å². The molecule has 2 rings (SSSR count). The lowest BCUT2D eigenvalue weighted by Crippen LogP contribution is -2.14. The summed E-state index contributed by atoms with van der Waals surface area (Å²) < 4.78 is 31.9. The quantitative estimate of drug-likeness (QED) is 0.900. The van der Waals surface area contributed by atoms with Gasteiger partial charge in [0.1, 0.15) is 11.4 Å². The fraction of sp³-hybridized carbons (Fsp3) is 0.231. The molecule has 0 saturated carbocycles. The largest absolute Gasteiger partial charge is 0.359 e. The van der Waals surface area contributed by atoms with Crippen molar-refractivity contribution in [3.8, 4) is 0 Å². The Kier molecular flexibility index (Phi) is 3.99. The first kappa shape index (κ1) is 15.0. The highest BCUT2D eigenvalue weighted by Gasteiger charge is 2.19. The van der Waals surface area contributed by atoms with Crippen LogP contribution in [0.25, 0.3) is 0 Å². The van der Waals surface area contributed by atoms with Crippen LogP contribution >= 0.6 is 0 Å². The first-order chi connectivity index (χ1) is 9.79. The molecule has 0 bridgehead atoms. The topological polar surface area (TPSA) is 101 Å². The molecule has 112 valence electrons. The minimum Gasteiger partial charge on any atom is -0.359 e. The van der Waals surface area contributed by atoms with Crippen LogP contribution in [0.2, 0.25) is 0 Å². The van der Waals surface area contributed by atoms with E-state index in [1.54, 1.807) is 13.8 Å². The van der Waals surface area contributed by atoms with Crippen LogP contribution in [-0.2, 0) is 14.8 Å². The third-order valence-electron chi connectivity index (χ3n) is 2.75. The number of nitrogens with zero attached hydrogens (tertiary/aromatic N) is 1. The summed E-state index contributed by atoms with van der Waals surface area (Å²) in [7, 11) is -3.74. The Bertz CT molecular complexity index is 744. The second-order valence-corrected chi connectivity index (χ2v) is 6.19. The van der Waals surface area contributed by atoms with Gasteiger partial charge in [0.2, 0.25) is 5.91 Å². The molecule has 7 nitrogen and oxygen atoms in total. The van der Waals surface area contributed by atoms with Crippen LogP contribution in [0.15, 0.2) is 33.7 Å². The summed E-state index contributed by atoms with van der Waals surface area (Å²) in [5, 5.41) is 6.26. The lowest BCUT2D eigenvalue weighted by atomic mass is 10.3. The van der Waals surface area contributed by atoms with Gasteiger partial charge in [0, 0.05) is 12.6 Å². The highest BCUT2D eigenvalue weighted by Crippen LogP contribution is 2.23. The van der Waals surface area contributed by atoms with Gasteiger partial charge in [-0.2, -0.15) is 0 Å². The van der Waals surface area contributed by atoms with Gasteiger partial charge in [-0.3, -0.25) is 9.52 Å². The predicted molar refractivity (Wildman–Crippen MR) is 77.5 cm³/mol. The van der Waals surface area contributed by atoms with E-state index in [1.807, 2.05) is 0 Å². The second kappa shape index (κ2) is 5.57. The van der Waals surface area contributed by atoms with Crippen LogP contribution in [0.4, 0.5) is 11.4 Å². The Morgan fingerprint density at radius 2 is 1.81 bits per heavy atom. The van der Waals surface area contributed by atoms with Gasteiger partial charge in [0.05, 0.1) is 4.90 Å². The standard InChI is InChI=1S/C13H15N3O4S/c1-8-13(9(2)20-15-8)16-21(18,19)12-6-4-11(5-7-12)14-10(3)17/h4-7,16H,1-3H3,(H,14,17). The molecule has 21 heavy (non-hydrogen) atoms. The number of anilines is 2. The molecule has 8 heteroatoms. The molecule has 0 radical (unpaired) electrons. The van der Waals surface area contributed by atoms with Gasteiger partial charge in [-0.1, -0.05) is 5.16 Å². The number of amides is 1. The van der Waals surface area contributed by atoms with Gasteiger partial charge in [0.25, 0.3) is 10.0 Å². The molecule has 1 amide bonds. The van der Waals surface area contributed by atoms with E-state index in [-0.39, 0.29) is 10.8 Å². The number of rotatable bonds is 4. The van der Waals surface area contributed by atoms with Crippen molar-refractivity contribution >= 4 is 27.3 Å². The Morgan fingerprint density at radius 1 is 1.19 bits per heavy atom. The third kappa shape index (κ3) is 3.40. The summed E-state index contributed by atoms with van der Waals surface area (Å²) in [6.45, 7) is 4.65. The first-order valence-corrected chi connectivity index (χ1v) is 7.61. The predicted octanol–water partition coefficient (Wildman–Crippen LogP) is 2.05. The normalized spacial score (nSPS) is 11.2. The van der Waals surface area contributed by atoms with Gasteiger partial charge in [0.15, 0.2) is 5.76 Å². The van der Waals surface area contributed by atoms with E-state index in [2.05, 4.69) is 15.2 Å². The minimum absolute atomic E-state index is 0.0802. The van der Waals surface area contributed by atoms with Gasteiger partial charge in [-0.25, -0.2) is 8.42 Å². The summed E-state index contributed by atoms with van der Waals surface area (Å²) in [5.74, 6) is 0.172. The molecule has 0 spiro atoms. The van der Waals surface area contributed by atoms with Crippen molar-refractivity contribution in [2.75, 3.05) is 10.0 Å². The zero-order valence-electron chi connectivity index (χ0n) is 11.8. The van der Waals surface area contributed by atoms with E-state index in [9.17, 15) is 13.2 Å². The van der Waals surface area contributed by atoms with Crippen molar-refractivity contribution < 1.29 is 17.7 Å². The maximum Gasteiger partial charge on any atom is 0.262 e. The van der Waals surface area contributed by atoms with Gasteiger partial charge < -0.3 is 9.84 Å². The molecule has 2 N–H and O–H groups in total. The summed E-state index contributed by atoms with van der Waals surface area (Å²) in [5.41, 5.74) is 1.32. The van der Waals surface area contributed by atoms with Crippen molar-refractivity contribution in [3.63, 3.8) is 0 Å². The Morgan fingerprint density at radius 3 is 2.29 bits per heavy atom. The Labute approximate surface area is 122 Å². The summed E-state index contributed by atoms with van der Waals surface area (Å²) in [6, 6.07) is 5.85. The van der Waals surface area contributed by atoms with E-state index in [4.69, 9.17) is 4.52 Å². The highest BCUT2D eigenvalue weighted by atomic mass is 32.2. The molecule has 1 aromatic heterocycles. The summed E-state index contributed by atoms with van der Waals surface area (Å²) in [4.78, 5) is 11.0. The summed E-state index contributed by atoms with van der Waals surface area (Å²) >= 11 is 0. The maximum absolute atomic E-state index is 12.3. The van der Waals surface area contributed by atoms with Crippen molar-refractivity contribution in [2.24, 2.45) is 0 Å². The third-order valence-corrected chi connectivity index (χ3v) is 4.12. The zero-order chi connectivity index (χ0) is 15.6. The van der Waals surface area contributed by atoms with Crippen molar-refractivity contribution in [2.45, 2.75) is 25.7 Å². The number of aromatic nitrogens is 1. The zero-order valence-corrected chi connectivity index (χ0v) is 12.6. The molecular weight excluding hydrogens is 294 g/mol. The molecule has 2 aromatic rings. The fourth-order valence-electron chi connectivity index (χ4n) is 1.74. The Balaban J connectivity index is 2.26. The molecule has 0 aliphatic carbocycles. The van der Waals surface area contributed by atoms with Crippen LogP contribution in [0.3, 0.4) is 0 Å². The van der Waals surface area contributed by atoms with Crippen LogP contribution in [0, 0.1) is 13.8 Å². The monoisotopic (exact) mass is 309 g/mol. The number of hydrogen-bond acceptors (Lipinski definition) is 5. The molecule has 0 atom stereocenters. The SMILES string of the molecule is CC(=O)Nc1ccc(S(=O)(=O)Nc2c(C)noc2C)cc1. The number of nitrogens with one attached hydrogen (secondary N) is 2. The smallest absolute Gasteiger partial charge is 0.262 e. The van der Waals surface area contributed by atoms with Crippen molar-refractivity contribution in [1.82, 2.24) is 5.16 Å². The molecule has 0 fully saturated rings. The highest BCUT2D eigenvalue weighted by molar-refractivity contribution is 7.92. The number of aryl methyl sites for hydroxylation is 2. The van der Waals surface area contributed by atoms with E-state index < -0.39 is 10.0 Å². The average Bonchev–Trinajstić information content (AvgIpc) is 2.70. The molecular formula is C13H15N3O4S. The number of carbonyl (C=O) groups is 1. The molecule has 0 unspecified atom stereocenters. The molecule has 1 heterocycles. The molecule has 1 aromatic carbocycles. The van der Waals surface area contributed by atoms with Crippen LogP contribution < -0.4 is 10.0 Å². The lowest BCUT2D eigenvalue weighted by Gasteiger charge is -2.08. The van der Waals surface area contributed by atoms with Crippen molar-refractivity contribution in [1.29, 1.82) is 0 Å². The number of sulfonamides is 1. The fourth-order valence-corrected chi connectivity index (χ4v) is 2.92. The van der Waals surface area contributed by atoms with Crippen LogP contribution in [0.1, 0.15) is 18.4 Å². The number of carbonyl (C=O) groups excluding carboxylic acids is 1. The van der Waals surface area contributed by atoms with Crippen molar-refractivity contribution in [3.05, 3.63) is 35.7 Å². The first-order valence-electron chi connectivity index (χ1n) is 6.13.